The summed E-state index contributed by atoms with van der Waals surface area (Å²) >= 11 is 0. The van der Waals surface area contributed by atoms with Gasteiger partial charge < -0.3 is 9.47 Å². The van der Waals surface area contributed by atoms with Crippen molar-refractivity contribution in [1.82, 2.24) is 4.98 Å². The molecule has 3 heteroatoms. The molecule has 0 amide bonds. The van der Waals surface area contributed by atoms with Gasteiger partial charge in [-0.05, 0) is 36.8 Å². The molecule has 0 aliphatic carbocycles. The van der Waals surface area contributed by atoms with Crippen molar-refractivity contribution in [3.8, 4) is 22.8 Å². The summed E-state index contributed by atoms with van der Waals surface area (Å²) in [5, 5.41) is 0. The average Bonchev–Trinajstić information content (AvgIpc) is 2.62. The van der Waals surface area contributed by atoms with E-state index in [2.05, 4.69) is 18.0 Å². The molecule has 1 aromatic carbocycles. The highest BCUT2D eigenvalue weighted by atomic mass is 16.7. The Morgan fingerprint density at radius 2 is 1.83 bits per heavy atom. The van der Waals surface area contributed by atoms with Crippen LogP contribution in [0.5, 0.6) is 11.5 Å². The van der Waals surface area contributed by atoms with Gasteiger partial charge in [0.15, 0.2) is 11.5 Å². The van der Waals surface area contributed by atoms with E-state index in [0.717, 1.165) is 28.3 Å². The lowest BCUT2D eigenvalue weighted by Crippen LogP contribution is -2.29. The fourth-order valence-corrected chi connectivity index (χ4v) is 2.16. The van der Waals surface area contributed by atoms with Gasteiger partial charge in [-0.25, -0.2) is 0 Å². The molecule has 2 aromatic rings. The first kappa shape index (κ1) is 11.1. The molecule has 0 radical (unpaired) electrons. The predicted octanol–water partition coefficient (Wildman–Crippen LogP) is 3.56. The number of nitrogens with zero attached hydrogens (tertiary/aromatic N) is 1. The highest BCUT2D eigenvalue weighted by Crippen LogP contribution is 2.41. The van der Waals surface area contributed by atoms with Gasteiger partial charge in [0.25, 0.3) is 0 Å². The quantitative estimate of drug-likeness (QED) is 0.765. The molecule has 1 aliphatic heterocycles. The number of fused-ring (bicyclic) bond motifs is 1. The highest BCUT2D eigenvalue weighted by molar-refractivity contribution is 5.67. The third-order valence-corrected chi connectivity index (χ3v) is 2.94. The Labute approximate surface area is 106 Å². The number of benzene rings is 1. The molecule has 1 aliphatic rings. The Morgan fingerprint density at radius 3 is 2.61 bits per heavy atom. The third kappa shape index (κ3) is 1.82. The Kier molecular flexibility index (Phi) is 2.30. The molecule has 0 unspecified atom stereocenters. The normalized spacial score (nSPS) is 15.7. The maximum Gasteiger partial charge on any atom is 0.246 e. The number of hydrogen-bond donors (Lipinski definition) is 0. The van der Waals surface area contributed by atoms with Crippen LogP contribution in [0, 0.1) is 6.92 Å². The number of aryl methyl sites for hydroxylation is 1. The monoisotopic (exact) mass is 241 g/mol. The smallest absolute Gasteiger partial charge is 0.246 e. The third-order valence-electron chi connectivity index (χ3n) is 2.94. The molecular weight excluding hydrogens is 226 g/mol. The molecule has 0 atom stereocenters. The van der Waals surface area contributed by atoms with Crippen molar-refractivity contribution in [2.24, 2.45) is 0 Å². The van der Waals surface area contributed by atoms with Gasteiger partial charge in [-0.2, -0.15) is 0 Å². The zero-order valence-electron chi connectivity index (χ0n) is 10.7. The lowest BCUT2D eigenvalue weighted by Gasteiger charge is -2.16. The molecule has 3 rings (SSSR count). The first-order chi connectivity index (χ1) is 8.55. The van der Waals surface area contributed by atoms with Crippen molar-refractivity contribution < 1.29 is 9.47 Å². The molecule has 0 saturated heterocycles. The second-order valence-electron chi connectivity index (χ2n) is 4.93. The second-order valence-corrected chi connectivity index (χ2v) is 4.93. The number of pyridine rings is 1. The van der Waals surface area contributed by atoms with Crippen LogP contribution in [0.15, 0.2) is 36.5 Å². The van der Waals surface area contributed by atoms with Crippen LogP contribution in [-0.4, -0.2) is 10.8 Å². The van der Waals surface area contributed by atoms with E-state index in [1.807, 2.05) is 38.1 Å². The lowest BCUT2D eigenvalue weighted by molar-refractivity contribution is -0.0431. The van der Waals surface area contributed by atoms with Crippen LogP contribution in [0.25, 0.3) is 11.3 Å². The molecule has 3 nitrogen and oxygen atoms in total. The van der Waals surface area contributed by atoms with Crippen LogP contribution in [0.1, 0.15) is 19.4 Å². The summed E-state index contributed by atoms with van der Waals surface area (Å²) in [5.74, 6) is 0.986. The van der Waals surface area contributed by atoms with Crippen molar-refractivity contribution in [2.45, 2.75) is 26.6 Å². The van der Waals surface area contributed by atoms with Crippen molar-refractivity contribution in [2.75, 3.05) is 0 Å². The Balaban J connectivity index is 2.05. The van der Waals surface area contributed by atoms with Crippen LogP contribution >= 0.6 is 0 Å². The first-order valence-corrected chi connectivity index (χ1v) is 5.99. The molecule has 92 valence electrons. The molecule has 2 heterocycles. The zero-order chi connectivity index (χ0) is 12.8. The molecule has 1 aromatic heterocycles. The van der Waals surface area contributed by atoms with Gasteiger partial charge in [-0.15, -0.1) is 0 Å². The average molecular weight is 241 g/mol. The minimum atomic E-state index is -0.583. The summed E-state index contributed by atoms with van der Waals surface area (Å²) in [5.41, 5.74) is 3.18. The predicted molar refractivity (Wildman–Crippen MR) is 69.7 cm³/mol. The van der Waals surface area contributed by atoms with E-state index in [1.165, 1.54) is 0 Å². The van der Waals surface area contributed by atoms with E-state index in [0.29, 0.717) is 0 Å². The van der Waals surface area contributed by atoms with Gasteiger partial charge in [-0.1, -0.05) is 6.07 Å². The van der Waals surface area contributed by atoms with Crippen LogP contribution < -0.4 is 9.47 Å². The van der Waals surface area contributed by atoms with Gasteiger partial charge in [0.05, 0.1) is 5.69 Å². The number of rotatable bonds is 1. The molecule has 0 fully saturated rings. The highest BCUT2D eigenvalue weighted by Gasteiger charge is 2.31. The molecule has 0 bridgehead atoms. The Hall–Kier alpha value is -2.03. The second kappa shape index (κ2) is 3.73. The van der Waals surface area contributed by atoms with Crippen molar-refractivity contribution >= 4 is 0 Å². The number of aromatic nitrogens is 1. The Morgan fingerprint density at radius 1 is 1.06 bits per heavy atom. The zero-order valence-corrected chi connectivity index (χ0v) is 10.7. The van der Waals surface area contributed by atoms with E-state index in [4.69, 9.17) is 9.47 Å². The topological polar surface area (TPSA) is 31.4 Å². The van der Waals surface area contributed by atoms with E-state index in [-0.39, 0.29) is 0 Å². The van der Waals surface area contributed by atoms with Crippen molar-refractivity contribution in [3.05, 3.63) is 42.1 Å². The van der Waals surface area contributed by atoms with Gasteiger partial charge in [0, 0.05) is 25.6 Å². The van der Waals surface area contributed by atoms with E-state index in [1.54, 1.807) is 6.20 Å². The van der Waals surface area contributed by atoms with E-state index >= 15 is 0 Å². The summed E-state index contributed by atoms with van der Waals surface area (Å²) in [7, 11) is 0. The van der Waals surface area contributed by atoms with Crippen LogP contribution in [-0.2, 0) is 0 Å². The van der Waals surface area contributed by atoms with Crippen LogP contribution in [0.2, 0.25) is 0 Å². The standard InChI is InChI=1S/C15H15NO2/c1-10-5-4-8-16-14(10)11-6-7-12-13(9-11)18-15(2,3)17-12/h4-9H,1-3H3. The molecule has 18 heavy (non-hydrogen) atoms. The molecule has 0 saturated carbocycles. The van der Waals surface area contributed by atoms with Crippen LogP contribution in [0.3, 0.4) is 0 Å². The van der Waals surface area contributed by atoms with Gasteiger partial charge in [0.2, 0.25) is 5.79 Å². The maximum atomic E-state index is 5.75. The number of hydrogen-bond acceptors (Lipinski definition) is 3. The van der Waals surface area contributed by atoms with Crippen LogP contribution in [0.4, 0.5) is 0 Å². The summed E-state index contributed by atoms with van der Waals surface area (Å²) in [4.78, 5) is 4.41. The largest absolute Gasteiger partial charge is 0.449 e. The molecule has 0 spiro atoms. The fourth-order valence-electron chi connectivity index (χ4n) is 2.16. The minimum Gasteiger partial charge on any atom is -0.449 e. The Bertz CT molecular complexity index is 605. The van der Waals surface area contributed by atoms with E-state index < -0.39 is 5.79 Å². The fraction of sp³-hybridized carbons (Fsp3) is 0.267. The van der Waals surface area contributed by atoms with Gasteiger partial charge >= 0.3 is 0 Å². The first-order valence-electron chi connectivity index (χ1n) is 5.99. The van der Waals surface area contributed by atoms with Gasteiger partial charge in [-0.3, -0.25) is 4.98 Å². The van der Waals surface area contributed by atoms with Crippen molar-refractivity contribution in [1.29, 1.82) is 0 Å². The summed E-state index contributed by atoms with van der Waals surface area (Å²) < 4.78 is 11.4. The van der Waals surface area contributed by atoms with Crippen molar-refractivity contribution in [3.63, 3.8) is 0 Å². The summed E-state index contributed by atoms with van der Waals surface area (Å²) in [6.45, 7) is 5.86. The maximum absolute atomic E-state index is 5.75. The SMILES string of the molecule is Cc1cccnc1-c1ccc2c(c1)OC(C)(C)O2. The summed E-state index contributed by atoms with van der Waals surface area (Å²) in [6.07, 6.45) is 1.80. The minimum absolute atomic E-state index is 0.583. The lowest BCUT2D eigenvalue weighted by atomic mass is 10.1. The molecule has 0 N–H and O–H groups in total. The molecular formula is C15H15NO2. The number of ether oxygens (including phenoxy) is 2. The van der Waals surface area contributed by atoms with E-state index in [9.17, 15) is 0 Å². The van der Waals surface area contributed by atoms with Gasteiger partial charge in [0.1, 0.15) is 0 Å². The summed E-state index contributed by atoms with van der Waals surface area (Å²) in [6, 6.07) is 9.93.